The number of rotatable bonds is 3. The maximum absolute atomic E-state index is 11.5. The molecule has 0 bridgehead atoms. The fourth-order valence-electron chi connectivity index (χ4n) is 0.467. The van der Waals surface area contributed by atoms with Crippen molar-refractivity contribution in [3.05, 3.63) is 0 Å². The van der Waals surface area contributed by atoms with Gasteiger partial charge in [0.05, 0.1) is 0 Å². The molecule has 0 N–H and O–H groups in total. The van der Waals surface area contributed by atoms with Gasteiger partial charge in [-0.15, -0.1) is 0 Å². The van der Waals surface area contributed by atoms with Gasteiger partial charge in [-0.05, 0) is 14.1 Å². The van der Waals surface area contributed by atoms with Crippen LogP contribution in [0.5, 0.6) is 0 Å². The monoisotopic (exact) mass is 169 g/mol. The maximum Gasteiger partial charge on any atom is 0.450 e. The van der Waals surface area contributed by atoms with Gasteiger partial charge in [-0.2, -0.15) is 13.2 Å². The third-order valence-electron chi connectivity index (χ3n) is 1.10. The topological polar surface area (TPSA) is 20.3 Å². The Bertz CT molecular complexity index is 141. The molecule has 0 aliphatic heterocycles. The summed E-state index contributed by atoms with van der Waals surface area (Å²) >= 11 is 0. The number of Topliss-reactive ketones (excluding diaryl/α,β-unsaturated/α-hetero) is 1. The van der Waals surface area contributed by atoms with Gasteiger partial charge < -0.3 is 4.90 Å². The van der Waals surface area contributed by atoms with Crippen molar-refractivity contribution in [2.75, 3.05) is 20.6 Å². The van der Waals surface area contributed by atoms with E-state index in [9.17, 15) is 18.0 Å². The Hall–Kier alpha value is -0.580. The van der Waals surface area contributed by atoms with Crippen LogP contribution in [-0.2, 0) is 4.79 Å². The Kier molecular flexibility index (Phi) is 3.51. The first-order valence-corrected chi connectivity index (χ1v) is 3.09. The molecule has 0 aliphatic carbocycles. The third-order valence-corrected chi connectivity index (χ3v) is 1.10. The predicted molar refractivity (Wildman–Crippen MR) is 34.2 cm³/mol. The Morgan fingerprint density at radius 2 is 1.82 bits per heavy atom. The number of hydrogen-bond acceptors (Lipinski definition) is 2. The van der Waals surface area contributed by atoms with Crippen molar-refractivity contribution >= 4 is 5.78 Å². The van der Waals surface area contributed by atoms with Crippen LogP contribution >= 0.6 is 0 Å². The molecule has 0 rings (SSSR count). The van der Waals surface area contributed by atoms with Gasteiger partial charge in [0.1, 0.15) is 0 Å². The van der Waals surface area contributed by atoms with Crippen molar-refractivity contribution in [2.45, 2.75) is 12.6 Å². The minimum Gasteiger partial charge on any atom is -0.309 e. The van der Waals surface area contributed by atoms with Crippen LogP contribution in [-0.4, -0.2) is 37.5 Å². The molecule has 0 radical (unpaired) electrons. The first-order chi connectivity index (χ1) is 4.84. The lowest BCUT2D eigenvalue weighted by Gasteiger charge is -2.09. The average Bonchev–Trinajstić information content (AvgIpc) is 1.80. The van der Waals surface area contributed by atoms with Crippen LogP contribution in [0.25, 0.3) is 0 Å². The number of halogens is 3. The number of nitrogens with zero attached hydrogens (tertiary/aromatic N) is 1. The molecule has 0 saturated carbocycles. The van der Waals surface area contributed by atoms with Crippen LogP contribution in [0.2, 0.25) is 0 Å². The van der Waals surface area contributed by atoms with Crippen molar-refractivity contribution in [3.8, 4) is 0 Å². The molecule has 0 aromatic carbocycles. The molecule has 0 fully saturated rings. The number of carbonyl (C=O) groups is 1. The van der Waals surface area contributed by atoms with E-state index in [0.29, 0.717) is 0 Å². The fraction of sp³-hybridized carbons (Fsp3) is 0.833. The summed E-state index contributed by atoms with van der Waals surface area (Å²) in [5.41, 5.74) is 0. The summed E-state index contributed by atoms with van der Waals surface area (Å²) < 4.78 is 34.6. The van der Waals surface area contributed by atoms with Gasteiger partial charge in [-0.25, -0.2) is 0 Å². The molecule has 66 valence electrons. The zero-order valence-electron chi connectivity index (χ0n) is 6.40. The van der Waals surface area contributed by atoms with Crippen molar-refractivity contribution in [1.82, 2.24) is 4.90 Å². The molecule has 0 aromatic rings. The van der Waals surface area contributed by atoms with E-state index in [-0.39, 0.29) is 6.54 Å². The average molecular weight is 169 g/mol. The fourth-order valence-corrected chi connectivity index (χ4v) is 0.467. The highest BCUT2D eigenvalue weighted by Crippen LogP contribution is 2.17. The third kappa shape index (κ3) is 4.78. The van der Waals surface area contributed by atoms with Gasteiger partial charge in [0.25, 0.3) is 0 Å². The summed E-state index contributed by atoms with van der Waals surface area (Å²) in [5, 5.41) is 0. The van der Waals surface area contributed by atoms with Crippen molar-refractivity contribution in [2.24, 2.45) is 0 Å². The molecule has 0 saturated heterocycles. The Morgan fingerprint density at radius 1 is 1.36 bits per heavy atom. The van der Waals surface area contributed by atoms with Crippen molar-refractivity contribution < 1.29 is 18.0 Å². The summed E-state index contributed by atoms with van der Waals surface area (Å²) in [7, 11) is 3.23. The zero-order chi connectivity index (χ0) is 9.07. The molecule has 0 heterocycles. The summed E-state index contributed by atoms with van der Waals surface area (Å²) in [5.74, 6) is -1.66. The highest BCUT2D eigenvalue weighted by Gasteiger charge is 2.37. The molecule has 0 amide bonds. The maximum atomic E-state index is 11.5. The normalized spacial score (nSPS) is 12.2. The van der Waals surface area contributed by atoms with E-state index in [1.54, 1.807) is 14.1 Å². The molecular weight excluding hydrogens is 159 g/mol. The molecule has 0 aliphatic rings. The molecule has 0 unspecified atom stereocenters. The van der Waals surface area contributed by atoms with E-state index in [4.69, 9.17) is 0 Å². The number of alkyl halides is 3. The Labute approximate surface area is 63.0 Å². The quantitative estimate of drug-likeness (QED) is 0.629. The van der Waals surface area contributed by atoms with Gasteiger partial charge in [0.2, 0.25) is 5.78 Å². The number of hydrogen-bond donors (Lipinski definition) is 0. The lowest BCUT2D eigenvalue weighted by molar-refractivity contribution is -0.171. The van der Waals surface area contributed by atoms with Gasteiger partial charge in [-0.1, -0.05) is 0 Å². The van der Waals surface area contributed by atoms with E-state index in [1.165, 1.54) is 4.90 Å². The van der Waals surface area contributed by atoms with Crippen LogP contribution in [0.15, 0.2) is 0 Å². The standard InChI is InChI=1S/C6H10F3NO/c1-10(2)4-3-5(11)6(7,8)9/h3-4H2,1-2H3. The predicted octanol–water partition coefficient (Wildman–Crippen LogP) is 1.07. The molecule has 2 nitrogen and oxygen atoms in total. The van der Waals surface area contributed by atoms with Crippen molar-refractivity contribution in [3.63, 3.8) is 0 Å². The van der Waals surface area contributed by atoms with E-state index in [1.807, 2.05) is 0 Å². The van der Waals surface area contributed by atoms with E-state index < -0.39 is 18.4 Å². The second kappa shape index (κ2) is 3.71. The van der Waals surface area contributed by atoms with Crippen LogP contribution < -0.4 is 0 Å². The lowest BCUT2D eigenvalue weighted by Crippen LogP contribution is -2.26. The highest BCUT2D eigenvalue weighted by atomic mass is 19.4. The molecular formula is C6H10F3NO. The zero-order valence-corrected chi connectivity index (χ0v) is 6.40. The van der Waals surface area contributed by atoms with Crippen molar-refractivity contribution in [1.29, 1.82) is 0 Å². The van der Waals surface area contributed by atoms with Crippen LogP contribution in [0, 0.1) is 0 Å². The summed E-state index contributed by atoms with van der Waals surface area (Å²) in [6.45, 7) is 0.137. The number of carbonyl (C=O) groups excluding carboxylic acids is 1. The lowest BCUT2D eigenvalue weighted by atomic mass is 10.3. The Morgan fingerprint density at radius 3 is 2.09 bits per heavy atom. The van der Waals surface area contributed by atoms with Gasteiger partial charge in [0, 0.05) is 13.0 Å². The number of ketones is 1. The molecule has 11 heavy (non-hydrogen) atoms. The molecule has 0 aromatic heterocycles. The van der Waals surface area contributed by atoms with Gasteiger partial charge in [0.15, 0.2) is 0 Å². The second-order valence-corrected chi connectivity index (χ2v) is 2.47. The SMILES string of the molecule is CN(C)CCC(=O)C(F)(F)F. The minimum atomic E-state index is -4.67. The molecule has 0 spiro atoms. The highest BCUT2D eigenvalue weighted by molar-refractivity contribution is 5.84. The Balaban J connectivity index is 3.71. The van der Waals surface area contributed by atoms with E-state index >= 15 is 0 Å². The second-order valence-electron chi connectivity index (χ2n) is 2.47. The first-order valence-electron chi connectivity index (χ1n) is 3.09. The summed E-state index contributed by atoms with van der Waals surface area (Å²) in [6.07, 6.45) is -5.13. The van der Waals surface area contributed by atoms with Crippen LogP contribution in [0.3, 0.4) is 0 Å². The van der Waals surface area contributed by atoms with Crippen LogP contribution in [0.4, 0.5) is 13.2 Å². The van der Waals surface area contributed by atoms with Gasteiger partial charge in [-0.3, -0.25) is 4.79 Å². The molecule has 5 heteroatoms. The minimum absolute atomic E-state index is 0.137. The molecule has 0 atom stereocenters. The first kappa shape index (κ1) is 10.4. The van der Waals surface area contributed by atoms with Crippen LogP contribution in [0.1, 0.15) is 6.42 Å². The smallest absolute Gasteiger partial charge is 0.309 e. The largest absolute Gasteiger partial charge is 0.450 e. The van der Waals surface area contributed by atoms with E-state index in [2.05, 4.69) is 0 Å². The van der Waals surface area contributed by atoms with E-state index in [0.717, 1.165) is 0 Å². The summed E-state index contributed by atoms with van der Waals surface area (Å²) in [6, 6.07) is 0. The van der Waals surface area contributed by atoms with Gasteiger partial charge >= 0.3 is 6.18 Å². The summed E-state index contributed by atoms with van der Waals surface area (Å²) in [4.78, 5) is 11.7.